The van der Waals surface area contributed by atoms with Gasteiger partial charge >= 0.3 is 0 Å². The lowest BCUT2D eigenvalue weighted by atomic mass is 10.2. The van der Waals surface area contributed by atoms with E-state index in [0.717, 1.165) is 18.7 Å². The van der Waals surface area contributed by atoms with Gasteiger partial charge in [0.25, 0.3) is 0 Å². The first-order chi connectivity index (χ1) is 8.99. The van der Waals surface area contributed by atoms with Crippen molar-refractivity contribution < 1.29 is 8.42 Å². The lowest BCUT2D eigenvalue weighted by molar-refractivity contribution is 0.588. The van der Waals surface area contributed by atoms with Gasteiger partial charge in [-0.05, 0) is 44.5 Å². The average molecular weight is 283 g/mol. The van der Waals surface area contributed by atoms with Crippen molar-refractivity contribution in [1.29, 1.82) is 0 Å². The Morgan fingerprint density at radius 3 is 2.58 bits per heavy atom. The van der Waals surface area contributed by atoms with Crippen molar-refractivity contribution in [3.63, 3.8) is 0 Å². The first kappa shape index (κ1) is 14.1. The largest absolute Gasteiger partial charge is 0.397 e. The normalized spacial score (nSPS) is 15.5. The quantitative estimate of drug-likeness (QED) is 0.777. The molecule has 1 aliphatic rings. The minimum absolute atomic E-state index is 0.212. The summed E-state index contributed by atoms with van der Waals surface area (Å²) in [5.74, 6) is 0. The molecule has 5 nitrogen and oxygen atoms in total. The highest BCUT2D eigenvalue weighted by Crippen LogP contribution is 2.35. The van der Waals surface area contributed by atoms with Gasteiger partial charge in [0.05, 0.1) is 16.3 Å². The van der Waals surface area contributed by atoms with Crippen molar-refractivity contribution in [1.82, 2.24) is 4.72 Å². The molecular weight excluding hydrogens is 262 g/mol. The second kappa shape index (κ2) is 5.38. The van der Waals surface area contributed by atoms with Crippen LogP contribution >= 0.6 is 0 Å². The van der Waals surface area contributed by atoms with Gasteiger partial charge in [-0.1, -0.05) is 6.92 Å². The van der Waals surface area contributed by atoms with E-state index in [2.05, 4.69) is 16.5 Å². The lowest BCUT2D eigenvalue weighted by Crippen LogP contribution is -2.27. The van der Waals surface area contributed by atoms with E-state index < -0.39 is 10.0 Å². The molecule has 1 fully saturated rings. The first-order valence-electron chi connectivity index (χ1n) is 6.59. The predicted molar refractivity (Wildman–Crippen MR) is 77.8 cm³/mol. The molecule has 0 heterocycles. The Morgan fingerprint density at radius 1 is 1.42 bits per heavy atom. The van der Waals surface area contributed by atoms with Crippen LogP contribution in [0.1, 0.15) is 26.2 Å². The highest BCUT2D eigenvalue weighted by Gasteiger charge is 2.29. The van der Waals surface area contributed by atoms with Crippen molar-refractivity contribution in [2.24, 2.45) is 0 Å². The molecule has 1 aromatic carbocycles. The van der Waals surface area contributed by atoms with Crippen LogP contribution < -0.4 is 15.4 Å². The number of nitrogens with two attached hydrogens (primary N) is 1. The Labute approximate surface area is 114 Å². The van der Waals surface area contributed by atoms with Crippen LogP contribution in [0.25, 0.3) is 0 Å². The summed E-state index contributed by atoms with van der Waals surface area (Å²) in [6.45, 7) is 3.08. The molecule has 0 atom stereocenters. The highest BCUT2D eigenvalue weighted by molar-refractivity contribution is 7.89. The van der Waals surface area contributed by atoms with E-state index in [-0.39, 0.29) is 4.90 Å². The molecule has 3 N–H and O–H groups in total. The van der Waals surface area contributed by atoms with Gasteiger partial charge in [-0.15, -0.1) is 0 Å². The highest BCUT2D eigenvalue weighted by atomic mass is 32.2. The lowest BCUT2D eigenvalue weighted by Gasteiger charge is -2.25. The van der Waals surface area contributed by atoms with E-state index >= 15 is 0 Å². The van der Waals surface area contributed by atoms with E-state index in [4.69, 9.17) is 5.73 Å². The summed E-state index contributed by atoms with van der Waals surface area (Å²) in [7, 11) is -2.03. The maximum atomic E-state index is 11.7. The SMILES string of the molecule is CCCN(c1ccc(S(=O)(=O)NC)cc1N)C1CC1. The minimum atomic E-state index is -3.43. The number of benzene rings is 1. The van der Waals surface area contributed by atoms with Gasteiger partial charge in [0, 0.05) is 12.6 Å². The fourth-order valence-electron chi connectivity index (χ4n) is 2.21. The van der Waals surface area contributed by atoms with Crippen LogP contribution in [-0.2, 0) is 10.0 Å². The molecule has 0 spiro atoms. The summed E-state index contributed by atoms with van der Waals surface area (Å²) >= 11 is 0. The average Bonchev–Trinajstić information content (AvgIpc) is 3.20. The van der Waals surface area contributed by atoms with Crippen LogP contribution in [0.15, 0.2) is 23.1 Å². The molecule has 0 radical (unpaired) electrons. The molecule has 0 saturated heterocycles. The zero-order valence-corrected chi connectivity index (χ0v) is 12.2. The van der Waals surface area contributed by atoms with Crippen molar-refractivity contribution in [3.05, 3.63) is 18.2 Å². The summed E-state index contributed by atoms with van der Waals surface area (Å²) in [5, 5.41) is 0. The van der Waals surface area contributed by atoms with E-state index in [1.54, 1.807) is 6.07 Å². The van der Waals surface area contributed by atoms with Gasteiger partial charge in [-0.25, -0.2) is 13.1 Å². The number of rotatable bonds is 6. The molecule has 0 bridgehead atoms. The molecule has 0 amide bonds. The molecule has 2 rings (SSSR count). The molecule has 0 aliphatic heterocycles. The van der Waals surface area contributed by atoms with Gasteiger partial charge in [0.2, 0.25) is 10.0 Å². The zero-order valence-electron chi connectivity index (χ0n) is 11.4. The summed E-state index contributed by atoms with van der Waals surface area (Å²) in [4.78, 5) is 2.49. The molecule has 6 heteroatoms. The summed E-state index contributed by atoms with van der Waals surface area (Å²) in [6.07, 6.45) is 3.43. The topological polar surface area (TPSA) is 75.4 Å². The van der Waals surface area contributed by atoms with Crippen molar-refractivity contribution >= 4 is 21.4 Å². The summed E-state index contributed by atoms with van der Waals surface area (Å²) in [6, 6.07) is 5.52. The van der Waals surface area contributed by atoms with E-state index in [9.17, 15) is 8.42 Å². The maximum absolute atomic E-state index is 11.7. The number of nitrogen functional groups attached to an aromatic ring is 1. The number of nitrogens with zero attached hydrogens (tertiary/aromatic N) is 1. The predicted octanol–water partition coefficient (Wildman–Crippen LogP) is 1.56. The van der Waals surface area contributed by atoms with Crippen LogP contribution in [0.4, 0.5) is 11.4 Å². The van der Waals surface area contributed by atoms with Crippen LogP contribution in [0.2, 0.25) is 0 Å². The molecule has 1 aliphatic carbocycles. The van der Waals surface area contributed by atoms with Gasteiger partial charge in [-0.2, -0.15) is 0 Å². The van der Waals surface area contributed by atoms with Crippen LogP contribution in [-0.4, -0.2) is 28.1 Å². The Hall–Kier alpha value is -1.27. The smallest absolute Gasteiger partial charge is 0.240 e. The Bertz CT molecular complexity index is 553. The maximum Gasteiger partial charge on any atom is 0.240 e. The number of nitrogens with one attached hydrogen (secondary N) is 1. The fourth-order valence-corrected chi connectivity index (χ4v) is 2.97. The molecule has 1 aromatic rings. The molecule has 106 valence electrons. The summed E-state index contributed by atoms with van der Waals surface area (Å²) < 4.78 is 25.7. The van der Waals surface area contributed by atoms with E-state index in [1.807, 2.05) is 6.07 Å². The van der Waals surface area contributed by atoms with Gasteiger partial charge in [0.1, 0.15) is 0 Å². The summed E-state index contributed by atoms with van der Waals surface area (Å²) in [5.41, 5.74) is 7.50. The van der Waals surface area contributed by atoms with Gasteiger partial charge in [0.15, 0.2) is 0 Å². The van der Waals surface area contributed by atoms with Crippen molar-refractivity contribution in [2.45, 2.75) is 37.1 Å². The second-order valence-corrected chi connectivity index (χ2v) is 6.74. The van der Waals surface area contributed by atoms with Crippen LogP contribution in [0.5, 0.6) is 0 Å². The third-order valence-corrected chi connectivity index (χ3v) is 4.75. The third kappa shape index (κ3) is 3.01. The number of anilines is 2. The Balaban J connectivity index is 2.33. The fraction of sp³-hybridized carbons (Fsp3) is 0.538. The van der Waals surface area contributed by atoms with Crippen LogP contribution in [0, 0.1) is 0 Å². The second-order valence-electron chi connectivity index (χ2n) is 4.85. The molecule has 0 unspecified atom stereocenters. The number of sulfonamides is 1. The van der Waals surface area contributed by atoms with Crippen molar-refractivity contribution in [3.8, 4) is 0 Å². The first-order valence-corrected chi connectivity index (χ1v) is 8.07. The Morgan fingerprint density at radius 2 is 2.11 bits per heavy atom. The van der Waals surface area contributed by atoms with E-state index in [1.165, 1.54) is 26.0 Å². The van der Waals surface area contributed by atoms with Crippen molar-refractivity contribution in [2.75, 3.05) is 24.2 Å². The monoisotopic (exact) mass is 283 g/mol. The zero-order chi connectivity index (χ0) is 14.0. The molecule has 19 heavy (non-hydrogen) atoms. The van der Waals surface area contributed by atoms with Crippen LogP contribution in [0.3, 0.4) is 0 Å². The molecule has 1 saturated carbocycles. The van der Waals surface area contributed by atoms with E-state index in [0.29, 0.717) is 11.7 Å². The Kier molecular flexibility index (Phi) is 4.01. The van der Waals surface area contributed by atoms with Gasteiger partial charge in [-0.3, -0.25) is 0 Å². The molecule has 0 aromatic heterocycles. The standard InChI is InChI=1S/C13H21N3O2S/c1-3-8-16(10-4-5-10)13-7-6-11(9-12(13)14)19(17,18)15-2/h6-7,9-10,15H,3-5,8,14H2,1-2H3. The number of hydrogen-bond donors (Lipinski definition) is 2. The number of hydrogen-bond acceptors (Lipinski definition) is 4. The van der Waals surface area contributed by atoms with Gasteiger partial charge < -0.3 is 10.6 Å². The molecular formula is C13H21N3O2S. The third-order valence-electron chi connectivity index (χ3n) is 3.34. The minimum Gasteiger partial charge on any atom is -0.397 e.